The summed E-state index contributed by atoms with van der Waals surface area (Å²) in [5.41, 5.74) is 2.87. The van der Waals surface area contributed by atoms with E-state index in [-0.39, 0.29) is 11.8 Å². The summed E-state index contributed by atoms with van der Waals surface area (Å²) < 4.78 is 5.59. The van der Waals surface area contributed by atoms with Crippen LogP contribution in [-0.4, -0.2) is 11.1 Å². The molecule has 4 heteroatoms. The second kappa shape index (κ2) is 6.57. The average Bonchev–Trinajstić information content (AvgIpc) is 2.86. The van der Waals surface area contributed by atoms with Gasteiger partial charge >= 0.3 is 0 Å². The number of amides is 1. The zero-order valence-electron chi connectivity index (χ0n) is 14.0. The maximum absolute atomic E-state index is 12.2. The van der Waals surface area contributed by atoms with Crippen LogP contribution in [0.25, 0.3) is 0 Å². The van der Waals surface area contributed by atoms with Crippen molar-refractivity contribution >= 4 is 11.6 Å². The third-order valence-electron chi connectivity index (χ3n) is 4.76. The summed E-state index contributed by atoms with van der Waals surface area (Å²) in [6, 6.07) is 9.53. The highest BCUT2D eigenvalue weighted by Gasteiger charge is 2.33. The first kappa shape index (κ1) is 15.8. The molecule has 1 aromatic carbocycles. The van der Waals surface area contributed by atoms with Gasteiger partial charge in [0.05, 0.1) is 5.69 Å². The zero-order valence-corrected chi connectivity index (χ0v) is 14.0. The topological polar surface area (TPSA) is 55.1 Å². The Morgan fingerprint density at radius 2 is 2.04 bits per heavy atom. The molecule has 0 bridgehead atoms. The van der Waals surface area contributed by atoms with Crippen LogP contribution in [0.5, 0.6) is 0 Å². The molecular weight excluding hydrogens is 288 g/mol. The Kier molecular flexibility index (Phi) is 4.51. The average molecular weight is 312 g/mol. The Hall–Kier alpha value is -2.10. The highest BCUT2D eigenvalue weighted by atomic mass is 16.5. The maximum atomic E-state index is 12.2. The van der Waals surface area contributed by atoms with E-state index in [0.717, 1.165) is 28.6 Å². The molecule has 4 nitrogen and oxygen atoms in total. The summed E-state index contributed by atoms with van der Waals surface area (Å²) in [5, 5.41) is 7.17. The number of nitrogens with one attached hydrogen (secondary N) is 1. The van der Waals surface area contributed by atoms with Crippen LogP contribution < -0.4 is 5.32 Å². The highest BCUT2D eigenvalue weighted by Crippen LogP contribution is 2.43. The Balaban J connectivity index is 1.62. The number of benzene rings is 1. The molecule has 1 aliphatic rings. The standard InChI is InChI=1S/C19H24N2O2/c1-12-9-15(10-12)19-14(3)18(21-23-19)13(2)11-17(22)20-16-7-5-4-6-8-16/h4-8,12-13,15H,9-11H2,1-3H3,(H,20,22)/t12?,13-,15?/m0/s1. The lowest BCUT2D eigenvalue weighted by Gasteiger charge is -2.30. The van der Waals surface area contributed by atoms with Gasteiger partial charge in [-0.05, 0) is 37.8 Å². The van der Waals surface area contributed by atoms with Gasteiger partial charge in [-0.15, -0.1) is 0 Å². The Morgan fingerprint density at radius 1 is 1.35 bits per heavy atom. The second-order valence-corrected chi connectivity index (χ2v) is 6.85. The van der Waals surface area contributed by atoms with Gasteiger partial charge in [-0.3, -0.25) is 4.79 Å². The van der Waals surface area contributed by atoms with Crippen molar-refractivity contribution in [2.75, 3.05) is 5.32 Å². The third-order valence-corrected chi connectivity index (χ3v) is 4.76. The molecule has 1 N–H and O–H groups in total. The molecule has 1 atom stereocenters. The lowest BCUT2D eigenvalue weighted by atomic mass is 9.74. The maximum Gasteiger partial charge on any atom is 0.225 e. The van der Waals surface area contributed by atoms with E-state index >= 15 is 0 Å². The van der Waals surface area contributed by atoms with Crippen LogP contribution in [0.2, 0.25) is 0 Å². The van der Waals surface area contributed by atoms with Gasteiger partial charge in [0.2, 0.25) is 5.91 Å². The van der Waals surface area contributed by atoms with Crippen molar-refractivity contribution in [2.24, 2.45) is 5.92 Å². The number of carbonyl (C=O) groups excluding carboxylic acids is 1. The summed E-state index contributed by atoms with van der Waals surface area (Å²) in [7, 11) is 0. The number of anilines is 1. The van der Waals surface area contributed by atoms with Gasteiger partial charge < -0.3 is 9.84 Å². The lowest BCUT2D eigenvalue weighted by Crippen LogP contribution is -2.19. The van der Waals surface area contributed by atoms with Gasteiger partial charge in [-0.25, -0.2) is 0 Å². The van der Waals surface area contributed by atoms with Gasteiger partial charge in [0.1, 0.15) is 5.76 Å². The molecule has 0 spiro atoms. The SMILES string of the molecule is Cc1c([C@@H](C)CC(=O)Nc2ccccc2)noc1C1CC(C)C1. The molecule has 1 heterocycles. The van der Waals surface area contributed by atoms with E-state index in [4.69, 9.17) is 4.52 Å². The van der Waals surface area contributed by atoms with Crippen LogP contribution in [0.15, 0.2) is 34.9 Å². The van der Waals surface area contributed by atoms with Gasteiger partial charge in [-0.1, -0.05) is 37.2 Å². The molecule has 1 fully saturated rings. The quantitative estimate of drug-likeness (QED) is 0.875. The number of carbonyl (C=O) groups is 1. The fourth-order valence-corrected chi connectivity index (χ4v) is 3.43. The molecule has 1 amide bonds. The normalized spacial score (nSPS) is 21.5. The Bertz CT molecular complexity index is 672. The summed E-state index contributed by atoms with van der Waals surface area (Å²) in [4.78, 5) is 12.2. The van der Waals surface area contributed by atoms with Crippen molar-refractivity contribution in [1.29, 1.82) is 0 Å². The van der Waals surface area contributed by atoms with E-state index in [9.17, 15) is 4.79 Å². The number of rotatable bonds is 5. The smallest absolute Gasteiger partial charge is 0.225 e. The number of nitrogens with zero attached hydrogens (tertiary/aromatic N) is 1. The molecular formula is C19H24N2O2. The third kappa shape index (κ3) is 3.46. The molecule has 3 rings (SSSR count). The zero-order chi connectivity index (χ0) is 16.4. The molecule has 23 heavy (non-hydrogen) atoms. The number of hydrogen-bond donors (Lipinski definition) is 1. The van der Waals surface area contributed by atoms with Crippen molar-refractivity contribution < 1.29 is 9.32 Å². The van der Waals surface area contributed by atoms with E-state index < -0.39 is 0 Å². The minimum atomic E-state index is 0.00455. The largest absolute Gasteiger partial charge is 0.361 e. The summed E-state index contributed by atoms with van der Waals surface area (Å²) >= 11 is 0. The molecule has 0 saturated heterocycles. The van der Waals surface area contributed by atoms with Crippen molar-refractivity contribution in [2.45, 2.75) is 51.9 Å². The fraction of sp³-hybridized carbons (Fsp3) is 0.474. The van der Waals surface area contributed by atoms with Crippen molar-refractivity contribution in [1.82, 2.24) is 5.16 Å². The monoisotopic (exact) mass is 312 g/mol. The van der Waals surface area contributed by atoms with E-state index in [0.29, 0.717) is 12.3 Å². The van der Waals surface area contributed by atoms with E-state index in [2.05, 4.69) is 24.3 Å². The van der Waals surface area contributed by atoms with E-state index in [1.165, 1.54) is 12.8 Å². The van der Waals surface area contributed by atoms with Gasteiger partial charge in [0.15, 0.2) is 0 Å². The van der Waals surface area contributed by atoms with Crippen LogP contribution in [-0.2, 0) is 4.79 Å². The van der Waals surface area contributed by atoms with Crippen molar-refractivity contribution in [3.8, 4) is 0 Å². The summed E-state index contributed by atoms with van der Waals surface area (Å²) in [6.45, 7) is 6.36. The van der Waals surface area contributed by atoms with Crippen LogP contribution in [0.3, 0.4) is 0 Å². The molecule has 1 aliphatic carbocycles. The number of aromatic nitrogens is 1. The molecule has 122 valence electrons. The van der Waals surface area contributed by atoms with Crippen LogP contribution >= 0.6 is 0 Å². The molecule has 0 radical (unpaired) electrons. The fourth-order valence-electron chi connectivity index (χ4n) is 3.43. The van der Waals surface area contributed by atoms with E-state index in [1.54, 1.807) is 0 Å². The highest BCUT2D eigenvalue weighted by molar-refractivity contribution is 5.91. The van der Waals surface area contributed by atoms with Crippen LogP contribution in [0.4, 0.5) is 5.69 Å². The first-order chi connectivity index (χ1) is 11.0. The van der Waals surface area contributed by atoms with Crippen molar-refractivity contribution in [3.05, 3.63) is 47.3 Å². The first-order valence-electron chi connectivity index (χ1n) is 8.35. The molecule has 1 aromatic heterocycles. The summed E-state index contributed by atoms with van der Waals surface area (Å²) in [5.74, 6) is 2.37. The van der Waals surface area contributed by atoms with Crippen LogP contribution in [0.1, 0.15) is 62.0 Å². The van der Waals surface area contributed by atoms with Gasteiger partial charge in [-0.2, -0.15) is 0 Å². The predicted molar refractivity (Wildman–Crippen MR) is 90.5 cm³/mol. The lowest BCUT2D eigenvalue weighted by molar-refractivity contribution is -0.116. The molecule has 0 unspecified atom stereocenters. The minimum Gasteiger partial charge on any atom is -0.361 e. The predicted octanol–water partition coefficient (Wildman–Crippen LogP) is 4.63. The second-order valence-electron chi connectivity index (χ2n) is 6.85. The van der Waals surface area contributed by atoms with Gasteiger partial charge in [0, 0.05) is 29.5 Å². The molecule has 2 aromatic rings. The van der Waals surface area contributed by atoms with Crippen LogP contribution in [0, 0.1) is 12.8 Å². The number of hydrogen-bond acceptors (Lipinski definition) is 3. The minimum absolute atomic E-state index is 0.00455. The van der Waals surface area contributed by atoms with Crippen molar-refractivity contribution in [3.63, 3.8) is 0 Å². The molecule has 1 saturated carbocycles. The Labute approximate surface area is 137 Å². The number of para-hydroxylation sites is 1. The molecule has 0 aliphatic heterocycles. The van der Waals surface area contributed by atoms with Gasteiger partial charge in [0.25, 0.3) is 0 Å². The first-order valence-corrected chi connectivity index (χ1v) is 8.35. The Morgan fingerprint density at radius 3 is 2.70 bits per heavy atom. The summed E-state index contributed by atoms with van der Waals surface area (Å²) in [6.07, 6.45) is 2.76. The van der Waals surface area contributed by atoms with E-state index in [1.807, 2.05) is 37.3 Å².